The molecule has 3 aliphatic heterocycles. The van der Waals surface area contributed by atoms with Gasteiger partial charge in [0.25, 0.3) is 5.91 Å². The third kappa shape index (κ3) is 3.78. The van der Waals surface area contributed by atoms with Gasteiger partial charge in [0.15, 0.2) is 0 Å². The summed E-state index contributed by atoms with van der Waals surface area (Å²) in [6, 6.07) is 0. The van der Waals surface area contributed by atoms with Crippen LogP contribution in [0, 0.1) is 0 Å². The quantitative estimate of drug-likeness (QED) is 0.707. The van der Waals surface area contributed by atoms with Gasteiger partial charge in [0.05, 0.1) is 30.9 Å². The minimum absolute atomic E-state index is 0.0898. The van der Waals surface area contributed by atoms with Gasteiger partial charge in [-0.1, -0.05) is 0 Å². The molecule has 29 heavy (non-hydrogen) atoms. The molecule has 8 nitrogen and oxygen atoms in total. The highest BCUT2D eigenvalue weighted by Crippen LogP contribution is 2.40. The lowest BCUT2D eigenvalue weighted by molar-refractivity contribution is -0.136. The van der Waals surface area contributed by atoms with E-state index in [1.165, 1.54) is 16.2 Å². The first kappa shape index (κ1) is 20.3. The second-order valence-corrected chi connectivity index (χ2v) is 9.40. The largest absolute Gasteiger partial charge is 0.373 e. The third-order valence-electron chi connectivity index (χ3n) is 5.86. The van der Waals surface area contributed by atoms with E-state index in [-0.39, 0.29) is 36.5 Å². The summed E-state index contributed by atoms with van der Waals surface area (Å²) >= 11 is 1.47. The average molecular weight is 421 g/mol. The van der Waals surface area contributed by atoms with E-state index in [2.05, 4.69) is 4.90 Å². The van der Waals surface area contributed by atoms with Crippen LogP contribution >= 0.6 is 11.3 Å². The number of ether oxygens (including phenoxy) is 1. The van der Waals surface area contributed by atoms with Gasteiger partial charge < -0.3 is 19.4 Å². The number of likely N-dealkylation sites (N-methyl/N-ethyl adjacent to an activating group) is 2. The van der Waals surface area contributed by atoms with Crippen LogP contribution < -0.4 is 4.90 Å². The zero-order valence-corrected chi connectivity index (χ0v) is 18.3. The molecule has 1 aromatic heterocycles. The highest BCUT2D eigenvalue weighted by atomic mass is 32.1. The fourth-order valence-electron chi connectivity index (χ4n) is 4.45. The minimum Gasteiger partial charge on any atom is -0.373 e. The van der Waals surface area contributed by atoms with Crippen molar-refractivity contribution in [3.05, 3.63) is 16.0 Å². The number of rotatable bonds is 2. The van der Waals surface area contributed by atoms with Gasteiger partial charge in [-0.05, 0) is 25.8 Å². The molecule has 3 aliphatic rings. The zero-order valence-electron chi connectivity index (χ0n) is 17.4. The van der Waals surface area contributed by atoms with E-state index in [9.17, 15) is 14.4 Å². The van der Waals surface area contributed by atoms with Crippen LogP contribution in [0.1, 0.15) is 34.6 Å². The molecule has 3 amide bonds. The number of anilines is 1. The molecule has 0 aromatic carbocycles. The fraction of sp³-hybridized carbons (Fsp3) is 0.650. The molecule has 1 saturated heterocycles. The molecule has 0 aliphatic carbocycles. The number of hydrogen-bond donors (Lipinski definition) is 0. The van der Waals surface area contributed by atoms with Crippen LogP contribution in [0.3, 0.4) is 0 Å². The monoisotopic (exact) mass is 420 g/mol. The summed E-state index contributed by atoms with van der Waals surface area (Å²) in [5.74, 6) is -0.0959. The van der Waals surface area contributed by atoms with Crippen molar-refractivity contribution in [2.75, 3.05) is 51.7 Å². The highest BCUT2D eigenvalue weighted by Gasteiger charge is 2.36. The second-order valence-electron chi connectivity index (χ2n) is 8.31. The first-order valence-electron chi connectivity index (χ1n) is 10.1. The van der Waals surface area contributed by atoms with Gasteiger partial charge in [0.1, 0.15) is 11.5 Å². The number of nitrogens with zero attached hydrogens (tertiary/aromatic N) is 4. The number of hydrogen-bond acceptors (Lipinski definition) is 6. The van der Waals surface area contributed by atoms with Gasteiger partial charge >= 0.3 is 0 Å². The summed E-state index contributed by atoms with van der Waals surface area (Å²) in [5.41, 5.74) is 1.64. The predicted molar refractivity (Wildman–Crippen MR) is 110 cm³/mol. The highest BCUT2D eigenvalue weighted by molar-refractivity contribution is 7.17. The molecule has 1 fully saturated rings. The van der Waals surface area contributed by atoms with Gasteiger partial charge in [0.2, 0.25) is 11.8 Å². The smallest absolute Gasteiger partial charge is 0.257 e. The van der Waals surface area contributed by atoms with Crippen LogP contribution in [0.2, 0.25) is 0 Å². The van der Waals surface area contributed by atoms with E-state index in [1.54, 1.807) is 19.0 Å². The molecule has 0 radical (unpaired) electrons. The Hall–Kier alpha value is -1.97. The van der Waals surface area contributed by atoms with Crippen molar-refractivity contribution < 1.29 is 19.1 Å². The normalized spacial score (nSPS) is 25.7. The second kappa shape index (κ2) is 7.70. The Morgan fingerprint density at radius 2 is 1.83 bits per heavy atom. The van der Waals surface area contributed by atoms with Gasteiger partial charge in [-0.2, -0.15) is 0 Å². The average Bonchev–Trinajstić information content (AvgIpc) is 3.00. The summed E-state index contributed by atoms with van der Waals surface area (Å²) in [6.07, 6.45) is 0.900. The molecule has 0 N–H and O–H groups in total. The van der Waals surface area contributed by atoms with E-state index < -0.39 is 0 Å². The van der Waals surface area contributed by atoms with Crippen LogP contribution in [0.25, 0.3) is 0 Å². The molecular weight excluding hydrogens is 392 g/mol. The Morgan fingerprint density at radius 1 is 1.14 bits per heavy atom. The number of thiophene rings is 1. The predicted octanol–water partition coefficient (Wildman–Crippen LogP) is 0.790. The van der Waals surface area contributed by atoms with Crippen LogP contribution in [-0.2, 0) is 27.3 Å². The van der Waals surface area contributed by atoms with Gasteiger partial charge in [-0.3, -0.25) is 19.3 Å². The summed E-state index contributed by atoms with van der Waals surface area (Å²) in [5, 5.41) is 0.708. The molecule has 1 aromatic rings. The van der Waals surface area contributed by atoms with Crippen molar-refractivity contribution in [2.24, 2.45) is 0 Å². The Morgan fingerprint density at radius 3 is 2.52 bits per heavy atom. The summed E-state index contributed by atoms with van der Waals surface area (Å²) in [4.78, 5) is 46.2. The number of fused-ring (bicyclic) bond motifs is 3. The van der Waals surface area contributed by atoms with E-state index >= 15 is 0 Å². The molecule has 0 saturated carbocycles. The SMILES string of the molecule is C[C@@H]1CN(CC(=O)N2CCc3c(sc4c3C(=O)N(C)CC(=O)N4C)C2)C[C@H](C)O1. The van der Waals surface area contributed by atoms with Crippen molar-refractivity contribution in [3.8, 4) is 0 Å². The number of amides is 3. The summed E-state index contributed by atoms with van der Waals surface area (Å²) < 4.78 is 5.75. The minimum atomic E-state index is -0.105. The Labute approximate surface area is 175 Å². The van der Waals surface area contributed by atoms with Crippen LogP contribution in [0.5, 0.6) is 0 Å². The Kier molecular flexibility index (Phi) is 5.39. The molecule has 4 heterocycles. The zero-order chi connectivity index (χ0) is 20.9. The molecule has 158 valence electrons. The first-order chi connectivity index (χ1) is 13.7. The summed E-state index contributed by atoms with van der Waals surface area (Å²) in [6.45, 7) is 7.16. The van der Waals surface area contributed by atoms with E-state index in [0.29, 0.717) is 36.6 Å². The molecule has 4 rings (SSSR count). The third-order valence-corrected chi connectivity index (χ3v) is 7.15. The maximum Gasteiger partial charge on any atom is 0.257 e. The molecule has 0 unspecified atom stereocenters. The first-order valence-corrected chi connectivity index (χ1v) is 10.9. The van der Waals surface area contributed by atoms with Crippen LogP contribution in [-0.4, -0.2) is 91.4 Å². The standard InChI is InChI=1S/C20H28N4O4S/c1-12-7-23(8-13(2)28-12)11-17(26)24-6-5-14-15(9-24)29-20-18(14)19(27)21(3)10-16(25)22(20)4/h12-13H,5-11H2,1-4H3/t12-,13+. The van der Waals surface area contributed by atoms with Crippen molar-refractivity contribution in [1.82, 2.24) is 14.7 Å². The van der Waals surface area contributed by atoms with Crippen LogP contribution in [0.4, 0.5) is 5.00 Å². The van der Waals surface area contributed by atoms with Gasteiger partial charge in [0, 0.05) is 38.6 Å². The molecule has 9 heteroatoms. The van der Waals surface area contributed by atoms with E-state index in [4.69, 9.17) is 4.74 Å². The molecule has 2 atom stereocenters. The number of carbonyl (C=O) groups is 3. The number of carbonyl (C=O) groups excluding carboxylic acids is 3. The topological polar surface area (TPSA) is 73.4 Å². The van der Waals surface area contributed by atoms with Crippen molar-refractivity contribution in [2.45, 2.75) is 39.0 Å². The number of morpholine rings is 1. The van der Waals surface area contributed by atoms with Crippen molar-refractivity contribution in [1.29, 1.82) is 0 Å². The lowest BCUT2D eigenvalue weighted by Crippen LogP contribution is -2.50. The fourth-order valence-corrected chi connectivity index (χ4v) is 5.78. The van der Waals surface area contributed by atoms with Crippen molar-refractivity contribution >= 4 is 34.1 Å². The molecular formula is C20H28N4O4S. The Balaban J connectivity index is 1.52. The van der Waals surface area contributed by atoms with Crippen molar-refractivity contribution in [3.63, 3.8) is 0 Å². The molecule has 0 bridgehead atoms. The van der Waals surface area contributed by atoms with E-state index in [0.717, 1.165) is 23.5 Å². The Bertz CT molecular complexity index is 844. The van der Waals surface area contributed by atoms with Gasteiger partial charge in [-0.25, -0.2) is 0 Å². The van der Waals surface area contributed by atoms with E-state index in [1.807, 2.05) is 18.7 Å². The molecule has 0 spiro atoms. The van der Waals surface area contributed by atoms with Crippen LogP contribution in [0.15, 0.2) is 0 Å². The maximum atomic E-state index is 12.9. The lowest BCUT2D eigenvalue weighted by Gasteiger charge is -2.36. The summed E-state index contributed by atoms with van der Waals surface area (Å²) in [7, 11) is 3.38. The maximum absolute atomic E-state index is 12.9. The lowest BCUT2D eigenvalue weighted by atomic mass is 10.0. The van der Waals surface area contributed by atoms with Gasteiger partial charge in [-0.15, -0.1) is 11.3 Å².